The number of benzene rings is 8. The van der Waals surface area contributed by atoms with Crippen molar-refractivity contribution in [2.24, 2.45) is 0 Å². The van der Waals surface area contributed by atoms with Gasteiger partial charge in [-0.05, 0) is 80.6 Å². The number of nitrogens with zero attached hydrogens (tertiary/aromatic N) is 4. The molecule has 0 N–H and O–H groups in total. The van der Waals surface area contributed by atoms with E-state index in [1.807, 2.05) is 36.5 Å². The topological polar surface area (TPSA) is 33.1 Å². The second kappa shape index (κ2) is 15.7. The third-order valence-electron chi connectivity index (χ3n) is 11.6. The molecule has 5 nitrogen and oxygen atoms in total. The Hall–Kier alpha value is -7.16. The third kappa shape index (κ3) is 6.77. The molecule has 8 aromatic carbocycles. The zero-order valence-electron chi connectivity index (χ0n) is 34.4. The maximum absolute atomic E-state index is 6.62. The smallest absolute Gasteiger partial charge is 0.509 e. The molecule has 10 aromatic rings. The van der Waals surface area contributed by atoms with Gasteiger partial charge in [0, 0.05) is 34.5 Å². The molecule has 0 unspecified atom stereocenters. The van der Waals surface area contributed by atoms with Crippen LogP contribution in [0.25, 0.3) is 60.6 Å². The van der Waals surface area contributed by atoms with Gasteiger partial charge in [-0.1, -0.05) is 134 Å². The molecule has 1 aliphatic heterocycles. The average Bonchev–Trinajstić information content (AvgIpc) is 3.86. The summed E-state index contributed by atoms with van der Waals surface area (Å²) in [4.78, 5) is 4.85. The van der Waals surface area contributed by atoms with Crippen molar-refractivity contribution in [3.63, 3.8) is 0 Å². The van der Waals surface area contributed by atoms with Gasteiger partial charge >= 0.3 is 32.8 Å². The monoisotopic (exact) mass is 979 g/mol. The Morgan fingerprint density at radius 1 is 0.565 bits per heavy atom. The van der Waals surface area contributed by atoms with Crippen molar-refractivity contribution in [3.8, 4) is 39.4 Å². The fraction of sp³-hybridized carbons (Fsp3) is 0.0714. The van der Waals surface area contributed by atoms with E-state index < -0.39 is 0 Å². The predicted molar refractivity (Wildman–Crippen MR) is 251 cm³/mol. The van der Waals surface area contributed by atoms with Crippen LogP contribution < -0.4 is 13.9 Å². The summed E-state index contributed by atoms with van der Waals surface area (Å²) in [7, 11) is 0. The second-order valence-corrected chi connectivity index (χ2v) is 16.5. The summed E-state index contributed by atoms with van der Waals surface area (Å²) in [6, 6.07) is 74.5. The van der Waals surface area contributed by atoms with Crippen LogP contribution in [0.1, 0.15) is 26.3 Å². The van der Waals surface area contributed by atoms with E-state index in [0.717, 1.165) is 78.0 Å². The molecule has 0 bridgehead atoms. The first-order valence-corrected chi connectivity index (χ1v) is 20.6. The molecule has 0 fully saturated rings. The minimum atomic E-state index is 0. The number of hydrogen-bond acceptors (Lipinski definition) is 2. The average molecular weight is 980 g/mol. The van der Waals surface area contributed by atoms with E-state index in [0.29, 0.717) is 11.5 Å². The second-order valence-electron chi connectivity index (χ2n) is 16.5. The van der Waals surface area contributed by atoms with E-state index in [4.69, 9.17) is 9.72 Å². The van der Waals surface area contributed by atoms with E-state index in [-0.39, 0.29) is 26.5 Å². The Balaban J connectivity index is 0.00000458. The van der Waals surface area contributed by atoms with Gasteiger partial charge in [-0.3, -0.25) is 0 Å². The molecule has 3 heterocycles. The molecule has 11 rings (SSSR count). The molecule has 0 radical (unpaired) electrons. The molecule has 0 spiro atoms. The number of rotatable bonds is 7. The van der Waals surface area contributed by atoms with Crippen LogP contribution in [-0.2, 0) is 26.5 Å². The Kier molecular flexibility index (Phi) is 9.88. The van der Waals surface area contributed by atoms with Crippen LogP contribution in [0.3, 0.4) is 0 Å². The van der Waals surface area contributed by atoms with Crippen LogP contribution in [0, 0.1) is 12.1 Å². The van der Waals surface area contributed by atoms with Crippen LogP contribution in [-0.4, -0.2) is 15.6 Å². The van der Waals surface area contributed by atoms with Crippen molar-refractivity contribution in [1.29, 1.82) is 0 Å². The number of fused-ring (bicyclic) bond motifs is 6. The van der Waals surface area contributed by atoms with Crippen molar-refractivity contribution < 1.29 is 25.8 Å². The minimum absolute atomic E-state index is 0. The predicted octanol–water partition coefficient (Wildman–Crippen LogP) is 14.2. The largest absolute Gasteiger partial charge is 2.00 e. The fourth-order valence-electron chi connectivity index (χ4n) is 8.62. The molecule has 0 saturated heterocycles. The standard InChI is InChI=1S/C56H40N4O.Pt/c1-56(2,3)41-30-32-51-50(34-41)49-28-15-33-57-55(49)60(51)43-22-13-24-45(36-43)61-44-23-12-21-42(35-44)58-37-59(54-48-25-11-10-20-40(48)29-31-52(54)58)53-46(38-16-6-4-7-17-38)26-14-27-47(53)39-18-8-5-9-19-39;/h4-34H,1-3H3;/q;+2. The number of hydrogen-bond donors (Lipinski definition) is 0. The Morgan fingerprint density at radius 3 is 1.97 bits per heavy atom. The van der Waals surface area contributed by atoms with Crippen molar-refractivity contribution in [1.82, 2.24) is 18.7 Å². The molecular formula is C56H40N4OPt+2. The zero-order valence-corrected chi connectivity index (χ0v) is 36.7. The van der Waals surface area contributed by atoms with E-state index in [2.05, 4.69) is 204 Å². The summed E-state index contributed by atoms with van der Waals surface area (Å²) >= 11 is 0. The van der Waals surface area contributed by atoms with Crippen molar-refractivity contribution in [2.75, 3.05) is 0 Å². The maximum Gasteiger partial charge on any atom is 2.00 e. The molecule has 2 aromatic heterocycles. The van der Waals surface area contributed by atoms with Gasteiger partial charge in [0.2, 0.25) is 5.69 Å². The molecule has 298 valence electrons. The first-order chi connectivity index (χ1) is 29.9. The normalized spacial score (nSPS) is 12.2. The first-order valence-electron chi connectivity index (χ1n) is 20.6. The quantitative estimate of drug-likeness (QED) is 0.118. The van der Waals surface area contributed by atoms with Crippen LogP contribution >= 0.6 is 0 Å². The van der Waals surface area contributed by atoms with E-state index in [1.54, 1.807) is 0 Å². The van der Waals surface area contributed by atoms with Crippen molar-refractivity contribution >= 4 is 61.5 Å². The van der Waals surface area contributed by atoms with E-state index >= 15 is 0 Å². The summed E-state index contributed by atoms with van der Waals surface area (Å²) in [6.45, 7) is 6.74. The number of para-hydroxylation sites is 1. The van der Waals surface area contributed by atoms with E-state index in [1.165, 1.54) is 10.9 Å². The fourth-order valence-corrected chi connectivity index (χ4v) is 8.62. The number of aromatic nitrogens is 2. The van der Waals surface area contributed by atoms with Crippen LogP contribution in [0.15, 0.2) is 188 Å². The Morgan fingerprint density at radius 2 is 1.23 bits per heavy atom. The first kappa shape index (κ1) is 39.0. The molecule has 62 heavy (non-hydrogen) atoms. The van der Waals surface area contributed by atoms with Gasteiger partial charge in [0.05, 0.1) is 22.0 Å². The van der Waals surface area contributed by atoms with Crippen molar-refractivity contribution in [2.45, 2.75) is 26.2 Å². The summed E-state index contributed by atoms with van der Waals surface area (Å²) in [5.41, 5.74) is 12.5. The van der Waals surface area contributed by atoms with Gasteiger partial charge in [0.1, 0.15) is 11.3 Å². The molecule has 0 saturated carbocycles. The Bertz CT molecular complexity index is 3350. The Labute approximate surface area is 375 Å². The maximum atomic E-state index is 6.62. The summed E-state index contributed by atoms with van der Waals surface area (Å²) in [5.74, 6) is 1.15. The molecule has 0 amide bonds. The van der Waals surface area contributed by atoms with E-state index in [9.17, 15) is 0 Å². The van der Waals surface area contributed by atoms with Crippen LogP contribution in [0.4, 0.5) is 22.7 Å². The zero-order chi connectivity index (χ0) is 41.1. The summed E-state index contributed by atoms with van der Waals surface area (Å²) in [6.07, 6.45) is 1.85. The summed E-state index contributed by atoms with van der Waals surface area (Å²) < 4.78 is 13.1. The van der Waals surface area contributed by atoms with Gasteiger partial charge in [0.15, 0.2) is 0 Å². The molecular weight excluding hydrogens is 940 g/mol. The van der Waals surface area contributed by atoms with Crippen molar-refractivity contribution in [3.05, 3.63) is 206 Å². The van der Waals surface area contributed by atoms with Gasteiger partial charge in [-0.2, -0.15) is 12.1 Å². The number of pyridine rings is 1. The number of ether oxygens (including phenoxy) is 1. The molecule has 0 aliphatic carbocycles. The van der Waals surface area contributed by atoms with Gasteiger partial charge in [-0.15, -0.1) is 24.3 Å². The molecule has 6 heteroatoms. The van der Waals surface area contributed by atoms with Gasteiger partial charge < -0.3 is 9.30 Å². The van der Waals surface area contributed by atoms with Crippen LogP contribution in [0.5, 0.6) is 11.5 Å². The molecule has 1 aliphatic rings. The SMILES string of the molecule is CC(C)(C)c1ccc2c(c1)c1cccnc1n2-c1[c-]c(Oc2[c-]c([N+]3=C=[N+](c4c(-c5ccccc5)cccc4-c4ccccc4)c4c3ccc3ccccc43)ccc2)ccc1.[Pt+2]. The molecule has 0 atom stereocenters. The summed E-state index contributed by atoms with van der Waals surface area (Å²) in [5, 5.41) is 4.55. The minimum Gasteiger partial charge on any atom is -0.509 e. The van der Waals surface area contributed by atoms with Gasteiger partial charge in [-0.25, -0.2) is 4.98 Å². The van der Waals surface area contributed by atoms with Gasteiger partial charge in [0.25, 0.3) is 5.69 Å². The third-order valence-corrected chi connectivity index (χ3v) is 11.6. The van der Waals surface area contributed by atoms with Crippen LogP contribution in [0.2, 0.25) is 0 Å².